The third kappa shape index (κ3) is 4.76. The Morgan fingerprint density at radius 3 is 2.51 bits per heavy atom. The van der Waals surface area contributed by atoms with Crippen LogP contribution in [0.15, 0.2) is 55.0 Å². The van der Waals surface area contributed by atoms with Crippen molar-refractivity contribution in [2.45, 2.75) is 32.5 Å². The van der Waals surface area contributed by atoms with E-state index in [2.05, 4.69) is 19.9 Å². The summed E-state index contributed by atoms with van der Waals surface area (Å²) in [6.45, 7) is 4.11. The van der Waals surface area contributed by atoms with Gasteiger partial charge in [0, 0.05) is 30.6 Å². The number of rotatable bonds is 5. The monoisotopic (exact) mass is 508 g/mol. The van der Waals surface area contributed by atoms with Crippen molar-refractivity contribution < 1.29 is 22.7 Å². The van der Waals surface area contributed by atoms with Crippen molar-refractivity contribution in [1.29, 1.82) is 0 Å². The van der Waals surface area contributed by atoms with Crippen molar-refractivity contribution in [2.24, 2.45) is 7.05 Å². The Morgan fingerprint density at radius 2 is 1.84 bits per heavy atom. The minimum atomic E-state index is -4.52. The lowest BCUT2D eigenvalue weighted by Gasteiger charge is -2.28. The number of aryl methyl sites for hydroxylation is 1. The van der Waals surface area contributed by atoms with Gasteiger partial charge in [0.1, 0.15) is 5.82 Å². The predicted octanol–water partition coefficient (Wildman–Crippen LogP) is 5.01. The molecule has 0 radical (unpaired) electrons. The zero-order valence-corrected chi connectivity index (χ0v) is 20.3. The maximum absolute atomic E-state index is 13.0. The van der Waals surface area contributed by atoms with E-state index in [1.54, 1.807) is 36.7 Å². The number of nitrogens with zero attached hydrogens (tertiary/aromatic N) is 6. The second kappa shape index (κ2) is 9.30. The molecule has 0 bridgehead atoms. The molecule has 1 aliphatic rings. The largest absolute Gasteiger partial charge is 0.478 e. The molecule has 190 valence electrons. The summed E-state index contributed by atoms with van der Waals surface area (Å²) in [5.41, 5.74) is 1.96. The summed E-state index contributed by atoms with van der Waals surface area (Å²) in [6.07, 6.45) is -0.297. The van der Waals surface area contributed by atoms with E-state index in [9.17, 15) is 18.0 Å². The number of anilines is 1. The molecule has 5 rings (SSSR count). The summed E-state index contributed by atoms with van der Waals surface area (Å²) in [5, 5.41) is 0. The molecule has 4 aromatic rings. The average Bonchev–Trinajstić information content (AvgIpc) is 3.28. The lowest BCUT2D eigenvalue weighted by molar-refractivity contribution is -0.140. The summed E-state index contributed by atoms with van der Waals surface area (Å²) in [5.74, 6) is 1.25. The fourth-order valence-electron chi connectivity index (χ4n) is 4.16. The van der Waals surface area contributed by atoms with Gasteiger partial charge < -0.3 is 9.30 Å². The van der Waals surface area contributed by atoms with Crippen LogP contribution in [0.25, 0.3) is 22.8 Å². The highest BCUT2D eigenvalue weighted by molar-refractivity contribution is 5.96. The van der Waals surface area contributed by atoms with Gasteiger partial charge in [-0.25, -0.2) is 15.0 Å². The zero-order valence-electron chi connectivity index (χ0n) is 20.3. The number of halogens is 3. The molecule has 0 saturated carbocycles. The number of amides is 1. The van der Waals surface area contributed by atoms with E-state index >= 15 is 0 Å². The average molecular weight is 509 g/mol. The lowest BCUT2D eigenvalue weighted by Crippen LogP contribution is -2.39. The Morgan fingerprint density at radius 1 is 1.08 bits per heavy atom. The summed E-state index contributed by atoms with van der Waals surface area (Å²) >= 11 is 0. The zero-order chi connectivity index (χ0) is 26.3. The molecule has 0 unspecified atom stereocenters. The van der Waals surface area contributed by atoms with Gasteiger partial charge >= 0.3 is 6.18 Å². The highest BCUT2D eigenvalue weighted by Gasteiger charge is 2.34. The first-order valence-electron chi connectivity index (χ1n) is 11.6. The molecular weight excluding hydrogens is 485 g/mol. The van der Waals surface area contributed by atoms with Gasteiger partial charge in [-0.1, -0.05) is 38.1 Å². The van der Waals surface area contributed by atoms with Crippen LogP contribution < -0.4 is 9.64 Å². The molecule has 8 nitrogen and oxygen atoms in total. The van der Waals surface area contributed by atoms with E-state index in [0.717, 1.165) is 23.0 Å². The molecule has 0 saturated heterocycles. The number of hydrogen-bond acceptors (Lipinski definition) is 6. The first-order valence-corrected chi connectivity index (χ1v) is 11.6. The lowest BCUT2D eigenvalue weighted by atomic mass is 10.0. The molecule has 0 fully saturated rings. The van der Waals surface area contributed by atoms with Crippen LogP contribution in [-0.2, 0) is 24.6 Å². The number of alkyl halides is 3. The summed E-state index contributed by atoms with van der Waals surface area (Å²) in [7, 11) is 1.51. The maximum atomic E-state index is 13.0. The quantitative estimate of drug-likeness (QED) is 0.377. The fraction of sp³-hybridized carbons (Fsp3) is 0.269. The smallest absolute Gasteiger partial charge is 0.434 e. The number of ether oxygens (including phenoxy) is 1. The van der Waals surface area contributed by atoms with Crippen molar-refractivity contribution >= 4 is 11.7 Å². The Kier molecular flexibility index (Phi) is 6.14. The third-order valence-electron chi connectivity index (χ3n) is 5.99. The minimum absolute atomic E-state index is 0.147. The fourth-order valence-corrected chi connectivity index (χ4v) is 4.16. The van der Waals surface area contributed by atoms with Crippen molar-refractivity contribution in [3.8, 4) is 28.5 Å². The number of hydrogen-bond donors (Lipinski definition) is 0. The van der Waals surface area contributed by atoms with E-state index in [4.69, 9.17) is 4.74 Å². The molecule has 0 aliphatic carbocycles. The second-order valence-electron chi connectivity index (χ2n) is 9.00. The predicted molar refractivity (Wildman–Crippen MR) is 130 cm³/mol. The van der Waals surface area contributed by atoms with E-state index in [1.165, 1.54) is 16.5 Å². The molecular formula is C26H23F3N6O2. The van der Waals surface area contributed by atoms with Gasteiger partial charge in [-0.3, -0.25) is 14.7 Å². The molecule has 1 aliphatic heterocycles. The van der Waals surface area contributed by atoms with Crippen molar-refractivity contribution in [3.63, 3.8) is 0 Å². The highest BCUT2D eigenvalue weighted by Crippen LogP contribution is 2.34. The standard InChI is InChI=1S/C26H23F3N6O2/c1-15(2)22-18(5-4-10-30-22)23-31-11-19-25(33-23)35(21(36)14-37-19)12-16-6-8-17(9-7-16)24-32-20(13-34(24)3)26(27,28)29/h4-11,13,15H,12,14H2,1-3H3. The van der Waals surface area contributed by atoms with Crippen LogP contribution in [0.5, 0.6) is 5.75 Å². The molecule has 0 spiro atoms. The van der Waals surface area contributed by atoms with Gasteiger partial charge in [-0.15, -0.1) is 0 Å². The Labute approximate surface area is 210 Å². The van der Waals surface area contributed by atoms with Crippen LogP contribution in [0.2, 0.25) is 0 Å². The van der Waals surface area contributed by atoms with Crippen LogP contribution >= 0.6 is 0 Å². The van der Waals surface area contributed by atoms with E-state index in [0.29, 0.717) is 23.0 Å². The molecule has 4 heterocycles. The van der Waals surface area contributed by atoms with Crippen molar-refractivity contribution in [1.82, 2.24) is 24.5 Å². The number of aromatic nitrogens is 5. The number of carbonyl (C=O) groups excluding carboxylic acids is 1. The number of benzene rings is 1. The van der Waals surface area contributed by atoms with Crippen LogP contribution in [0.3, 0.4) is 0 Å². The topological polar surface area (TPSA) is 86.0 Å². The van der Waals surface area contributed by atoms with Crippen molar-refractivity contribution in [3.05, 3.63) is 71.9 Å². The molecule has 37 heavy (non-hydrogen) atoms. The van der Waals surface area contributed by atoms with Gasteiger partial charge in [0.25, 0.3) is 5.91 Å². The van der Waals surface area contributed by atoms with Gasteiger partial charge in [-0.2, -0.15) is 13.2 Å². The number of carbonyl (C=O) groups is 1. The highest BCUT2D eigenvalue weighted by atomic mass is 19.4. The molecule has 11 heteroatoms. The molecule has 1 aromatic carbocycles. The van der Waals surface area contributed by atoms with Crippen LogP contribution in [0, 0.1) is 0 Å². The number of fused-ring (bicyclic) bond motifs is 1. The Hall–Kier alpha value is -4.28. The van der Waals surface area contributed by atoms with E-state index in [-0.39, 0.29) is 30.8 Å². The number of pyridine rings is 1. The summed E-state index contributed by atoms with van der Waals surface area (Å²) in [6, 6.07) is 10.6. The van der Waals surface area contributed by atoms with E-state index < -0.39 is 11.9 Å². The second-order valence-corrected chi connectivity index (χ2v) is 9.00. The Bertz CT molecular complexity index is 1460. The summed E-state index contributed by atoms with van der Waals surface area (Å²) < 4.78 is 46.0. The van der Waals surface area contributed by atoms with Crippen molar-refractivity contribution in [2.75, 3.05) is 11.5 Å². The van der Waals surface area contributed by atoms with Gasteiger partial charge in [0.2, 0.25) is 0 Å². The Balaban J connectivity index is 1.44. The first kappa shape index (κ1) is 24.4. The molecule has 0 atom stereocenters. The maximum Gasteiger partial charge on any atom is 0.434 e. The third-order valence-corrected chi connectivity index (χ3v) is 5.99. The normalized spacial score (nSPS) is 13.6. The molecule has 3 aromatic heterocycles. The van der Waals surface area contributed by atoms with Crippen LogP contribution in [0.1, 0.15) is 36.7 Å². The SMILES string of the molecule is CC(C)c1ncccc1-c1ncc2c(n1)N(Cc1ccc(-c3nc(C(F)(F)F)cn3C)cc1)C(=O)CO2. The summed E-state index contributed by atoms with van der Waals surface area (Å²) in [4.78, 5) is 31.6. The van der Waals surface area contributed by atoms with E-state index in [1.807, 2.05) is 26.0 Å². The first-order chi connectivity index (χ1) is 17.6. The van der Waals surface area contributed by atoms with Gasteiger partial charge in [0.15, 0.2) is 29.7 Å². The van der Waals surface area contributed by atoms with Gasteiger partial charge in [0.05, 0.1) is 18.4 Å². The van der Waals surface area contributed by atoms with Crippen LogP contribution in [0.4, 0.5) is 19.0 Å². The van der Waals surface area contributed by atoms with Crippen LogP contribution in [-0.4, -0.2) is 37.0 Å². The minimum Gasteiger partial charge on any atom is -0.478 e. The molecule has 0 N–H and O–H groups in total. The number of imidazole rings is 1. The van der Waals surface area contributed by atoms with Gasteiger partial charge in [-0.05, 0) is 23.6 Å². The molecule has 1 amide bonds.